The van der Waals surface area contributed by atoms with E-state index in [2.05, 4.69) is 0 Å². The van der Waals surface area contributed by atoms with E-state index >= 15 is 0 Å². The van der Waals surface area contributed by atoms with Crippen molar-refractivity contribution in [3.05, 3.63) is 81.0 Å². The molecule has 0 saturated heterocycles. The van der Waals surface area contributed by atoms with E-state index < -0.39 is 5.91 Å². The average Bonchev–Trinajstić information content (AvgIpc) is 2.63. The molecule has 1 aliphatic heterocycles. The number of hydrogen-bond acceptors (Lipinski definition) is 4. The molecule has 26 heavy (non-hydrogen) atoms. The summed E-state index contributed by atoms with van der Waals surface area (Å²) >= 11 is 12.0. The lowest BCUT2D eigenvalue weighted by Gasteiger charge is -2.29. The molecule has 0 unspecified atom stereocenters. The summed E-state index contributed by atoms with van der Waals surface area (Å²) in [6.07, 6.45) is 1.60. The monoisotopic (exact) mass is 382 g/mol. The lowest BCUT2D eigenvalue weighted by atomic mass is 9.97. The van der Waals surface area contributed by atoms with E-state index in [1.807, 2.05) is 6.07 Å². The molecule has 7 heteroatoms. The topological polar surface area (TPSA) is 94.0 Å². The molecule has 0 bridgehead atoms. The zero-order valence-corrected chi connectivity index (χ0v) is 14.8. The van der Waals surface area contributed by atoms with E-state index in [0.29, 0.717) is 21.3 Å². The van der Waals surface area contributed by atoms with Crippen molar-refractivity contribution in [3.8, 4) is 6.07 Å². The maximum absolute atomic E-state index is 12.6. The molecule has 3 rings (SSSR count). The Bertz CT molecular complexity index is 1020. The smallest absolute Gasteiger partial charge is 0.276 e. The standard InChI is InChI=1S/C19H12Cl2N4O/c20-15-7-6-11(9-16(15)21)8-13-17(23)14(10-22)19(26)25(18(13)24)12-4-2-1-3-5-12/h1-9,24H,23H2. The molecule has 0 atom stereocenters. The molecule has 0 fully saturated rings. The number of hydrogen-bond donors (Lipinski definition) is 2. The van der Waals surface area contributed by atoms with Crippen LogP contribution in [0, 0.1) is 16.7 Å². The number of nitriles is 1. The number of carbonyl (C=O) groups excluding carboxylic acids is 1. The maximum Gasteiger partial charge on any atom is 0.276 e. The molecule has 0 spiro atoms. The Balaban J connectivity index is 2.17. The summed E-state index contributed by atoms with van der Waals surface area (Å²) in [5.41, 5.74) is 7.13. The van der Waals surface area contributed by atoms with E-state index in [1.54, 1.807) is 54.6 Å². The fourth-order valence-electron chi connectivity index (χ4n) is 2.56. The van der Waals surface area contributed by atoms with Gasteiger partial charge >= 0.3 is 0 Å². The zero-order chi connectivity index (χ0) is 18.8. The molecule has 0 radical (unpaired) electrons. The minimum absolute atomic E-state index is 0.0410. The molecule has 128 valence electrons. The van der Waals surface area contributed by atoms with Gasteiger partial charge in [-0.15, -0.1) is 0 Å². The van der Waals surface area contributed by atoms with Crippen molar-refractivity contribution < 1.29 is 4.79 Å². The van der Waals surface area contributed by atoms with Crippen LogP contribution in [0.15, 0.2) is 65.4 Å². The summed E-state index contributed by atoms with van der Waals surface area (Å²) in [5.74, 6) is -0.753. The zero-order valence-electron chi connectivity index (χ0n) is 13.3. The Morgan fingerprint density at radius 3 is 2.42 bits per heavy atom. The number of anilines is 1. The largest absolute Gasteiger partial charge is 0.397 e. The van der Waals surface area contributed by atoms with Gasteiger partial charge in [0.15, 0.2) is 0 Å². The summed E-state index contributed by atoms with van der Waals surface area (Å²) < 4.78 is 0. The highest BCUT2D eigenvalue weighted by molar-refractivity contribution is 6.42. The second kappa shape index (κ2) is 7.04. The first kappa shape index (κ1) is 17.7. The Hall–Kier alpha value is -3.07. The Morgan fingerprint density at radius 2 is 1.81 bits per heavy atom. The predicted molar refractivity (Wildman–Crippen MR) is 103 cm³/mol. The predicted octanol–water partition coefficient (Wildman–Crippen LogP) is 4.14. The lowest BCUT2D eigenvalue weighted by molar-refractivity contribution is -0.114. The number of nitrogens with zero attached hydrogens (tertiary/aromatic N) is 2. The van der Waals surface area contributed by atoms with Gasteiger partial charge in [0.1, 0.15) is 17.5 Å². The van der Waals surface area contributed by atoms with Crippen LogP contribution in [0.3, 0.4) is 0 Å². The Morgan fingerprint density at radius 1 is 1.12 bits per heavy atom. The van der Waals surface area contributed by atoms with Crippen molar-refractivity contribution in [2.24, 2.45) is 5.73 Å². The van der Waals surface area contributed by atoms with E-state index in [-0.39, 0.29) is 22.7 Å². The summed E-state index contributed by atoms with van der Waals surface area (Å²) in [6.45, 7) is 0. The first-order valence-electron chi connectivity index (χ1n) is 7.49. The number of amidine groups is 1. The van der Waals surface area contributed by atoms with Crippen LogP contribution in [0.4, 0.5) is 5.69 Å². The van der Waals surface area contributed by atoms with Crippen LogP contribution in [-0.4, -0.2) is 11.7 Å². The van der Waals surface area contributed by atoms with Gasteiger partial charge in [-0.25, -0.2) is 0 Å². The van der Waals surface area contributed by atoms with Crippen molar-refractivity contribution in [2.75, 3.05) is 4.90 Å². The van der Waals surface area contributed by atoms with Crippen molar-refractivity contribution in [3.63, 3.8) is 0 Å². The lowest BCUT2D eigenvalue weighted by Crippen LogP contribution is -2.44. The van der Waals surface area contributed by atoms with Gasteiger partial charge in [-0.1, -0.05) is 47.5 Å². The van der Waals surface area contributed by atoms with Crippen molar-refractivity contribution in [1.29, 1.82) is 10.7 Å². The molecule has 1 heterocycles. The second-order valence-corrected chi connectivity index (χ2v) is 6.27. The first-order valence-corrected chi connectivity index (χ1v) is 8.25. The van der Waals surface area contributed by atoms with Gasteiger partial charge in [0.25, 0.3) is 5.91 Å². The quantitative estimate of drug-likeness (QED) is 0.816. The SMILES string of the molecule is N#CC1=C(N)C(=Cc2ccc(Cl)c(Cl)c2)C(=N)N(c2ccccc2)C1=O. The van der Waals surface area contributed by atoms with Gasteiger partial charge in [0.2, 0.25) is 0 Å². The number of nitrogens with two attached hydrogens (primary N) is 1. The molecule has 0 saturated carbocycles. The number of para-hydroxylation sites is 1. The number of nitrogens with one attached hydrogen (secondary N) is 1. The summed E-state index contributed by atoms with van der Waals surface area (Å²) in [7, 11) is 0. The molecule has 0 aromatic heterocycles. The fraction of sp³-hybridized carbons (Fsp3) is 0. The van der Waals surface area contributed by atoms with Crippen molar-refractivity contribution >= 4 is 46.7 Å². The number of carbonyl (C=O) groups is 1. The molecule has 1 aliphatic rings. The molecule has 5 nitrogen and oxygen atoms in total. The highest BCUT2D eigenvalue weighted by Gasteiger charge is 2.34. The molecule has 1 amide bonds. The van der Waals surface area contributed by atoms with Crippen molar-refractivity contribution in [2.45, 2.75) is 0 Å². The number of rotatable bonds is 2. The van der Waals surface area contributed by atoms with Gasteiger partial charge < -0.3 is 5.73 Å². The second-order valence-electron chi connectivity index (χ2n) is 5.46. The van der Waals surface area contributed by atoms with Crippen LogP contribution < -0.4 is 10.6 Å². The Labute approximate surface area is 160 Å². The normalized spacial score (nSPS) is 16.2. The van der Waals surface area contributed by atoms with Gasteiger partial charge in [-0.05, 0) is 35.9 Å². The van der Waals surface area contributed by atoms with E-state index in [9.17, 15) is 10.1 Å². The number of benzene rings is 2. The van der Waals surface area contributed by atoms with Gasteiger partial charge in [0, 0.05) is 5.57 Å². The fourth-order valence-corrected chi connectivity index (χ4v) is 2.86. The highest BCUT2D eigenvalue weighted by Crippen LogP contribution is 2.30. The molecule has 2 aromatic carbocycles. The minimum Gasteiger partial charge on any atom is -0.397 e. The summed E-state index contributed by atoms with van der Waals surface area (Å²) in [4.78, 5) is 13.8. The molecule has 2 aromatic rings. The third-order valence-electron chi connectivity index (χ3n) is 3.84. The molecule has 0 aliphatic carbocycles. The third kappa shape index (κ3) is 3.08. The van der Waals surface area contributed by atoms with E-state index in [1.165, 1.54) is 0 Å². The van der Waals surface area contributed by atoms with Gasteiger partial charge in [0.05, 0.1) is 21.4 Å². The number of amides is 1. The van der Waals surface area contributed by atoms with Crippen LogP contribution in [0.1, 0.15) is 5.56 Å². The molecular weight excluding hydrogens is 371 g/mol. The van der Waals surface area contributed by atoms with Crippen molar-refractivity contribution in [1.82, 2.24) is 0 Å². The average molecular weight is 383 g/mol. The van der Waals surface area contributed by atoms with Gasteiger partial charge in [-0.3, -0.25) is 15.1 Å². The van der Waals surface area contributed by atoms with Crippen LogP contribution in [-0.2, 0) is 4.79 Å². The van der Waals surface area contributed by atoms with E-state index in [0.717, 1.165) is 4.90 Å². The summed E-state index contributed by atoms with van der Waals surface area (Å²) in [5, 5.41) is 18.6. The maximum atomic E-state index is 12.6. The van der Waals surface area contributed by atoms with Crippen LogP contribution in [0.5, 0.6) is 0 Å². The van der Waals surface area contributed by atoms with Crippen LogP contribution >= 0.6 is 23.2 Å². The summed E-state index contributed by atoms with van der Waals surface area (Å²) in [6, 6.07) is 15.4. The third-order valence-corrected chi connectivity index (χ3v) is 4.58. The highest BCUT2D eigenvalue weighted by atomic mass is 35.5. The van der Waals surface area contributed by atoms with Gasteiger partial charge in [-0.2, -0.15) is 5.26 Å². The first-order chi connectivity index (χ1) is 12.4. The molecule has 3 N–H and O–H groups in total. The van der Waals surface area contributed by atoms with Crippen LogP contribution in [0.25, 0.3) is 6.08 Å². The number of halogens is 2. The van der Waals surface area contributed by atoms with Crippen LogP contribution in [0.2, 0.25) is 10.0 Å². The molecular formula is C19H12Cl2N4O. The van der Waals surface area contributed by atoms with E-state index in [4.69, 9.17) is 34.3 Å². The minimum atomic E-state index is -0.632. The Kier molecular flexibility index (Phi) is 4.81.